The van der Waals surface area contributed by atoms with Crippen LogP contribution in [0.2, 0.25) is 5.02 Å². The largest absolute Gasteiger partial charge is 0.482 e. The fraction of sp³-hybridized carbons (Fsp3) is 0.118. The highest BCUT2D eigenvalue weighted by molar-refractivity contribution is 6.31. The summed E-state index contributed by atoms with van der Waals surface area (Å²) < 4.78 is 15.7. The number of rotatable bonds is 5. The van der Waals surface area contributed by atoms with Crippen molar-refractivity contribution in [2.24, 2.45) is 0 Å². The molecule has 0 radical (unpaired) electrons. The van der Waals surface area contributed by atoms with E-state index in [2.05, 4.69) is 10.2 Å². The molecule has 0 unspecified atom stereocenters. The second-order valence-corrected chi connectivity index (χ2v) is 5.35. The lowest BCUT2D eigenvalue weighted by Crippen LogP contribution is -2.17. The van der Waals surface area contributed by atoms with Gasteiger partial charge in [-0.1, -0.05) is 11.6 Å². The van der Waals surface area contributed by atoms with Crippen LogP contribution in [0.5, 0.6) is 11.5 Å². The zero-order valence-electron chi connectivity index (χ0n) is 12.7. The minimum Gasteiger partial charge on any atom is -0.482 e. The zero-order valence-corrected chi connectivity index (χ0v) is 13.5. The molecule has 3 aromatic rings. The Kier molecular flexibility index (Phi) is 4.77. The molecule has 6 nitrogen and oxygen atoms in total. The van der Waals surface area contributed by atoms with Crippen molar-refractivity contribution in [3.05, 3.63) is 59.4 Å². The first kappa shape index (κ1) is 16.0. The van der Waals surface area contributed by atoms with Crippen molar-refractivity contribution in [3.63, 3.8) is 0 Å². The van der Waals surface area contributed by atoms with Gasteiger partial charge >= 0.3 is 5.97 Å². The number of ether oxygens (including phenoxy) is 2. The summed E-state index contributed by atoms with van der Waals surface area (Å²) in [6.07, 6.45) is 1.25. The van der Waals surface area contributed by atoms with Crippen molar-refractivity contribution in [2.45, 2.75) is 6.92 Å². The highest BCUT2D eigenvalue weighted by Gasteiger charge is 2.08. The highest BCUT2D eigenvalue weighted by Crippen LogP contribution is 2.22. The Morgan fingerprint density at radius 3 is 2.58 bits per heavy atom. The van der Waals surface area contributed by atoms with Gasteiger partial charge in [0.1, 0.15) is 11.5 Å². The van der Waals surface area contributed by atoms with Crippen molar-refractivity contribution in [2.75, 3.05) is 6.61 Å². The number of hydrogen-bond donors (Lipinski definition) is 0. The Morgan fingerprint density at radius 2 is 1.92 bits per heavy atom. The molecule has 0 fully saturated rings. The monoisotopic (exact) mass is 344 g/mol. The molecule has 122 valence electrons. The van der Waals surface area contributed by atoms with E-state index in [1.165, 1.54) is 6.39 Å². The molecule has 7 heteroatoms. The molecule has 0 amide bonds. The molecule has 0 aliphatic heterocycles. The molecule has 24 heavy (non-hydrogen) atoms. The zero-order chi connectivity index (χ0) is 16.9. The number of aryl methyl sites for hydroxylation is 1. The third kappa shape index (κ3) is 3.91. The SMILES string of the molecule is Cc1cc(OCC(=O)Oc2ccc(-c3nnco3)cc2)ccc1Cl. The van der Waals surface area contributed by atoms with E-state index < -0.39 is 5.97 Å². The quantitative estimate of drug-likeness (QED) is 0.519. The molecule has 0 spiro atoms. The Labute approximate surface area is 143 Å². The molecule has 2 aromatic carbocycles. The molecule has 1 aromatic heterocycles. The Hall–Kier alpha value is -2.86. The highest BCUT2D eigenvalue weighted by atomic mass is 35.5. The number of nitrogens with zero attached hydrogens (tertiary/aromatic N) is 2. The first-order valence-electron chi connectivity index (χ1n) is 7.08. The Morgan fingerprint density at radius 1 is 1.17 bits per heavy atom. The van der Waals surface area contributed by atoms with Gasteiger partial charge in [0.2, 0.25) is 12.3 Å². The van der Waals surface area contributed by atoms with Crippen LogP contribution in [-0.2, 0) is 4.79 Å². The van der Waals surface area contributed by atoms with Crippen LogP contribution < -0.4 is 9.47 Å². The van der Waals surface area contributed by atoms with Gasteiger partial charge in [-0.25, -0.2) is 4.79 Å². The first-order valence-corrected chi connectivity index (χ1v) is 7.46. The molecular weight excluding hydrogens is 332 g/mol. The van der Waals surface area contributed by atoms with Crippen LogP contribution in [0.15, 0.2) is 53.3 Å². The lowest BCUT2D eigenvalue weighted by Gasteiger charge is -2.08. The van der Waals surface area contributed by atoms with Gasteiger partial charge in [0.25, 0.3) is 0 Å². The van der Waals surface area contributed by atoms with Gasteiger partial charge in [-0.05, 0) is 55.0 Å². The van der Waals surface area contributed by atoms with Crippen LogP contribution in [0, 0.1) is 6.92 Å². The summed E-state index contributed by atoms with van der Waals surface area (Å²) in [5.74, 6) is 0.849. The van der Waals surface area contributed by atoms with Crippen LogP contribution >= 0.6 is 11.6 Å². The number of esters is 1. The predicted octanol–water partition coefficient (Wildman–Crippen LogP) is 3.68. The van der Waals surface area contributed by atoms with E-state index in [1.54, 1.807) is 42.5 Å². The number of benzene rings is 2. The van der Waals surface area contributed by atoms with Crippen LogP contribution in [0.1, 0.15) is 5.56 Å². The number of hydrogen-bond acceptors (Lipinski definition) is 6. The van der Waals surface area contributed by atoms with Crippen molar-refractivity contribution in [1.29, 1.82) is 0 Å². The smallest absolute Gasteiger partial charge is 0.349 e. The molecule has 0 aliphatic rings. The van der Waals surface area contributed by atoms with Gasteiger partial charge in [0.15, 0.2) is 6.61 Å². The van der Waals surface area contributed by atoms with E-state index in [4.69, 9.17) is 25.5 Å². The predicted molar refractivity (Wildman–Crippen MR) is 87.1 cm³/mol. The van der Waals surface area contributed by atoms with E-state index >= 15 is 0 Å². The molecule has 0 bridgehead atoms. The normalized spacial score (nSPS) is 10.4. The molecule has 0 aliphatic carbocycles. The Balaban J connectivity index is 1.55. The maximum atomic E-state index is 11.8. The summed E-state index contributed by atoms with van der Waals surface area (Å²) >= 11 is 5.94. The maximum absolute atomic E-state index is 11.8. The number of carbonyl (C=O) groups excluding carboxylic acids is 1. The summed E-state index contributed by atoms with van der Waals surface area (Å²) in [6.45, 7) is 1.66. The van der Waals surface area contributed by atoms with Crippen molar-refractivity contribution in [1.82, 2.24) is 10.2 Å². The van der Waals surface area contributed by atoms with Crippen molar-refractivity contribution < 1.29 is 18.7 Å². The van der Waals surface area contributed by atoms with Crippen LogP contribution in [0.25, 0.3) is 11.5 Å². The van der Waals surface area contributed by atoms with E-state index in [1.807, 2.05) is 6.92 Å². The number of halogens is 1. The lowest BCUT2D eigenvalue weighted by molar-refractivity contribution is -0.136. The van der Waals surface area contributed by atoms with Gasteiger partial charge in [-0.2, -0.15) is 0 Å². The van der Waals surface area contributed by atoms with Crippen LogP contribution in [0.4, 0.5) is 0 Å². The minimum absolute atomic E-state index is 0.202. The molecular formula is C17H13ClN2O4. The standard InChI is InChI=1S/C17H13ClN2O4/c1-11-8-14(6-7-15(11)18)22-9-16(21)24-13-4-2-12(3-5-13)17-20-19-10-23-17/h2-8,10H,9H2,1H3. The van der Waals surface area contributed by atoms with Crippen LogP contribution in [-0.4, -0.2) is 22.8 Å². The maximum Gasteiger partial charge on any atom is 0.349 e. The molecule has 1 heterocycles. The van der Waals surface area contributed by atoms with E-state index in [0.29, 0.717) is 22.4 Å². The molecule has 0 saturated carbocycles. The second kappa shape index (κ2) is 7.14. The fourth-order valence-corrected chi connectivity index (χ4v) is 2.09. The van der Waals surface area contributed by atoms with Gasteiger partial charge in [-0.3, -0.25) is 0 Å². The van der Waals surface area contributed by atoms with Gasteiger partial charge in [0, 0.05) is 10.6 Å². The molecule has 0 saturated heterocycles. The van der Waals surface area contributed by atoms with Crippen molar-refractivity contribution >= 4 is 17.6 Å². The number of aromatic nitrogens is 2. The molecule has 0 atom stereocenters. The summed E-state index contributed by atoms with van der Waals surface area (Å²) in [5.41, 5.74) is 1.61. The number of carbonyl (C=O) groups is 1. The van der Waals surface area contributed by atoms with Gasteiger partial charge in [0.05, 0.1) is 0 Å². The third-order valence-corrected chi connectivity index (χ3v) is 3.60. The van der Waals surface area contributed by atoms with E-state index in [-0.39, 0.29) is 6.61 Å². The Bertz CT molecular complexity index is 832. The molecule has 0 N–H and O–H groups in total. The summed E-state index contributed by atoms with van der Waals surface area (Å²) in [4.78, 5) is 11.8. The van der Waals surface area contributed by atoms with Gasteiger partial charge < -0.3 is 13.9 Å². The average Bonchev–Trinajstić information content (AvgIpc) is 3.11. The average molecular weight is 345 g/mol. The van der Waals surface area contributed by atoms with E-state index in [9.17, 15) is 4.79 Å². The molecule has 3 rings (SSSR count). The lowest BCUT2D eigenvalue weighted by atomic mass is 10.2. The van der Waals surface area contributed by atoms with Crippen LogP contribution in [0.3, 0.4) is 0 Å². The first-order chi connectivity index (χ1) is 11.6. The minimum atomic E-state index is -0.506. The summed E-state index contributed by atoms with van der Waals surface area (Å²) in [6, 6.07) is 11.9. The van der Waals surface area contributed by atoms with E-state index in [0.717, 1.165) is 11.1 Å². The van der Waals surface area contributed by atoms with Crippen molar-refractivity contribution in [3.8, 4) is 23.0 Å². The topological polar surface area (TPSA) is 74.5 Å². The van der Waals surface area contributed by atoms with Gasteiger partial charge in [-0.15, -0.1) is 10.2 Å². The summed E-state index contributed by atoms with van der Waals surface area (Å²) in [5, 5.41) is 8.05. The second-order valence-electron chi connectivity index (χ2n) is 4.94. The third-order valence-electron chi connectivity index (χ3n) is 3.18. The fourth-order valence-electron chi connectivity index (χ4n) is 1.97. The summed E-state index contributed by atoms with van der Waals surface area (Å²) in [7, 11) is 0.